The number of nitrogens with zero attached hydrogens (tertiary/aromatic N) is 1. The number of nitrogens with one attached hydrogen (secondary N) is 1. The normalized spacial score (nSPS) is 11.0. The van der Waals surface area contributed by atoms with Crippen LogP contribution in [-0.4, -0.2) is 16.7 Å². The van der Waals surface area contributed by atoms with Crippen molar-refractivity contribution in [3.05, 3.63) is 45.2 Å². The molecule has 0 spiro atoms. The maximum absolute atomic E-state index is 12.0. The number of halogens is 1. The van der Waals surface area contributed by atoms with E-state index in [1.807, 2.05) is 24.3 Å². The van der Waals surface area contributed by atoms with Gasteiger partial charge in [-0.05, 0) is 24.3 Å². The number of benzene rings is 1. The third kappa shape index (κ3) is 1.63. The van der Waals surface area contributed by atoms with Crippen molar-refractivity contribution in [2.75, 3.05) is 7.11 Å². The number of H-pyrrole nitrogens is 1. The second-order valence-corrected chi connectivity index (χ2v) is 5.39. The quantitative estimate of drug-likeness (QED) is 0.784. The highest BCUT2D eigenvalue weighted by molar-refractivity contribution is 7.18. The molecule has 0 saturated heterocycles. The van der Waals surface area contributed by atoms with Crippen molar-refractivity contribution in [2.24, 2.45) is 0 Å². The Morgan fingerprint density at radius 3 is 2.83 bits per heavy atom. The molecule has 0 aliphatic rings. The van der Waals surface area contributed by atoms with Crippen LogP contribution in [0, 0.1) is 0 Å². The predicted molar refractivity (Wildman–Crippen MR) is 73.3 cm³/mol. The van der Waals surface area contributed by atoms with Crippen LogP contribution in [0.5, 0.6) is 5.75 Å². The molecule has 3 aromatic rings. The number of para-hydroxylation sites is 1. The van der Waals surface area contributed by atoms with Gasteiger partial charge >= 0.3 is 5.69 Å². The van der Waals surface area contributed by atoms with Crippen LogP contribution in [0.25, 0.3) is 16.0 Å². The van der Waals surface area contributed by atoms with Crippen molar-refractivity contribution in [3.8, 4) is 10.8 Å². The predicted octanol–water partition coefficient (Wildman–Crippen LogP) is 3.04. The zero-order chi connectivity index (χ0) is 12.7. The van der Waals surface area contributed by atoms with E-state index in [1.165, 1.54) is 11.3 Å². The Morgan fingerprint density at radius 1 is 1.33 bits per heavy atom. The minimum atomic E-state index is -0.201. The summed E-state index contributed by atoms with van der Waals surface area (Å²) in [6.45, 7) is 0. The average molecular weight is 281 g/mol. The van der Waals surface area contributed by atoms with Crippen molar-refractivity contribution in [3.63, 3.8) is 0 Å². The Labute approximate surface area is 111 Å². The molecule has 0 aliphatic carbocycles. The summed E-state index contributed by atoms with van der Waals surface area (Å²) in [5.74, 6) is 0.648. The van der Waals surface area contributed by atoms with E-state index in [9.17, 15) is 4.79 Å². The molecule has 4 nitrogen and oxygen atoms in total. The molecule has 0 unspecified atom stereocenters. The van der Waals surface area contributed by atoms with Crippen LogP contribution in [0.15, 0.2) is 35.1 Å². The number of imidazole rings is 1. The van der Waals surface area contributed by atoms with Gasteiger partial charge < -0.3 is 9.72 Å². The molecule has 1 N–H and O–H groups in total. The molecule has 0 amide bonds. The second-order valence-electron chi connectivity index (χ2n) is 3.70. The van der Waals surface area contributed by atoms with E-state index in [0.717, 1.165) is 16.0 Å². The van der Waals surface area contributed by atoms with Crippen LogP contribution >= 0.6 is 22.9 Å². The number of thiophene rings is 1. The SMILES string of the molecule is COc1cccc2[nH]c(=O)n(-c3ccc(Cl)s3)c12. The lowest BCUT2D eigenvalue weighted by atomic mass is 10.3. The summed E-state index contributed by atoms with van der Waals surface area (Å²) in [6.07, 6.45) is 0. The van der Waals surface area contributed by atoms with Gasteiger partial charge in [-0.3, -0.25) is 0 Å². The zero-order valence-electron chi connectivity index (χ0n) is 9.44. The van der Waals surface area contributed by atoms with Gasteiger partial charge in [0.2, 0.25) is 0 Å². The van der Waals surface area contributed by atoms with E-state index < -0.39 is 0 Å². The largest absolute Gasteiger partial charge is 0.494 e. The van der Waals surface area contributed by atoms with Crippen LogP contribution < -0.4 is 10.4 Å². The van der Waals surface area contributed by atoms with Gasteiger partial charge in [-0.2, -0.15) is 0 Å². The Morgan fingerprint density at radius 2 is 2.17 bits per heavy atom. The molecule has 0 saturated carbocycles. The van der Waals surface area contributed by atoms with Crippen LogP contribution in [0.3, 0.4) is 0 Å². The zero-order valence-corrected chi connectivity index (χ0v) is 11.0. The number of aromatic amines is 1. The molecule has 0 aliphatic heterocycles. The molecular formula is C12H9ClN2O2S. The first-order valence-electron chi connectivity index (χ1n) is 5.24. The topological polar surface area (TPSA) is 47.0 Å². The smallest absolute Gasteiger partial charge is 0.331 e. The van der Waals surface area contributed by atoms with E-state index in [2.05, 4.69) is 4.98 Å². The van der Waals surface area contributed by atoms with Crippen molar-refractivity contribution < 1.29 is 4.74 Å². The lowest BCUT2D eigenvalue weighted by Gasteiger charge is -2.04. The number of hydrogen-bond donors (Lipinski definition) is 1. The summed E-state index contributed by atoms with van der Waals surface area (Å²) in [5.41, 5.74) is 1.26. The van der Waals surface area contributed by atoms with Gasteiger partial charge in [0, 0.05) is 0 Å². The fourth-order valence-electron chi connectivity index (χ4n) is 1.93. The van der Waals surface area contributed by atoms with E-state index in [1.54, 1.807) is 17.7 Å². The van der Waals surface area contributed by atoms with Crippen molar-refractivity contribution in [2.45, 2.75) is 0 Å². The van der Waals surface area contributed by atoms with Gasteiger partial charge in [0.25, 0.3) is 0 Å². The number of rotatable bonds is 2. The molecule has 0 radical (unpaired) electrons. The fraction of sp³-hybridized carbons (Fsp3) is 0.0833. The second kappa shape index (κ2) is 4.19. The highest BCUT2D eigenvalue weighted by Gasteiger charge is 2.14. The van der Waals surface area contributed by atoms with Crippen molar-refractivity contribution >= 4 is 34.0 Å². The Balaban J connectivity index is 2.41. The third-order valence-corrected chi connectivity index (χ3v) is 3.88. The molecule has 6 heteroatoms. The van der Waals surface area contributed by atoms with Crippen molar-refractivity contribution in [1.82, 2.24) is 9.55 Å². The lowest BCUT2D eigenvalue weighted by Crippen LogP contribution is -2.13. The molecule has 2 heterocycles. The molecule has 2 aromatic heterocycles. The summed E-state index contributed by atoms with van der Waals surface area (Å²) in [5, 5.41) is 0.765. The molecule has 18 heavy (non-hydrogen) atoms. The standard InChI is InChI=1S/C12H9ClN2O2S/c1-17-8-4-2-3-7-11(8)15(12(16)14-7)10-6-5-9(13)18-10/h2-6H,1H3,(H,14,16). The number of hydrogen-bond acceptors (Lipinski definition) is 3. The van der Waals surface area contributed by atoms with E-state index >= 15 is 0 Å². The number of methoxy groups -OCH3 is 1. The van der Waals surface area contributed by atoms with E-state index in [-0.39, 0.29) is 5.69 Å². The summed E-state index contributed by atoms with van der Waals surface area (Å²) in [7, 11) is 1.58. The van der Waals surface area contributed by atoms with Gasteiger partial charge in [0.05, 0.1) is 17.0 Å². The number of aromatic nitrogens is 2. The fourth-order valence-corrected chi connectivity index (χ4v) is 2.96. The molecule has 1 aromatic carbocycles. The maximum atomic E-state index is 12.0. The van der Waals surface area contributed by atoms with Gasteiger partial charge in [0.1, 0.15) is 16.3 Å². The molecule has 0 fully saturated rings. The van der Waals surface area contributed by atoms with Crippen LogP contribution in [0.2, 0.25) is 4.34 Å². The Hall–Kier alpha value is -1.72. The summed E-state index contributed by atoms with van der Waals surface area (Å²) in [4.78, 5) is 14.8. The third-order valence-electron chi connectivity index (χ3n) is 2.67. The summed E-state index contributed by atoms with van der Waals surface area (Å²) in [6, 6.07) is 9.07. The first-order valence-corrected chi connectivity index (χ1v) is 6.43. The number of fused-ring (bicyclic) bond motifs is 1. The summed E-state index contributed by atoms with van der Waals surface area (Å²) >= 11 is 7.26. The minimum Gasteiger partial charge on any atom is -0.494 e. The molecule has 0 bridgehead atoms. The van der Waals surface area contributed by atoms with Gasteiger partial charge in [-0.25, -0.2) is 9.36 Å². The average Bonchev–Trinajstić information content (AvgIpc) is 2.91. The van der Waals surface area contributed by atoms with Crippen LogP contribution in [0.4, 0.5) is 0 Å². The van der Waals surface area contributed by atoms with Gasteiger partial charge in [0.15, 0.2) is 0 Å². The first kappa shape index (κ1) is 11.4. The molecular weight excluding hydrogens is 272 g/mol. The van der Waals surface area contributed by atoms with Gasteiger partial charge in [-0.1, -0.05) is 17.7 Å². The highest BCUT2D eigenvalue weighted by Crippen LogP contribution is 2.30. The van der Waals surface area contributed by atoms with Crippen LogP contribution in [-0.2, 0) is 0 Å². The lowest BCUT2D eigenvalue weighted by molar-refractivity contribution is 0.418. The summed E-state index contributed by atoms with van der Waals surface area (Å²) < 4.78 is 7.52. The first-order chi connectivity index (χ1) is 8.70. The molecule has 3 rings (SSSR count). The molecule has 0 atom stereocenters. The Bertz CT molecular complexity index is 772. The molecule has 92 valence electrons. The number of ether oxygens (including phenoxy) is 1. The monoisotopic (exact) mass is 280 g/mol. The van der Waals surface area contributed by atoms with E-state index in [0.29, 0.717) is 10.1 Å². The van der Waals surface area contributed by atoms with E-state index in [4.69, 9.17) is 16.3 Å². The Kier molecular flexibility index (Phi) is 2.65. The van der Waals surface area contributed by atoms with Crippen LogP contribution in [0.1, 0.15) is 0 Å². The highest BCUT2D eigenvalue weighted by atomic mass is 35.5. The van der Waals surface area contributed by atoms with Gasteiger partial charge in [-0.15, -0.1) is 11.3 Å². The minimum absolute atomic E-state index is 0.201. The maximum Gasteiger partial charge on any atom is 0.331 e. The van der Waals surface area contributed by atoms with Crippen molar-refractivity contribution in [1.29, 1.82) is 0 Å².